The summed E-state index contributed by atoms with van der Waals surface area (Å²) in [4.78, 5) is 30.0. The highest BCUT2D eigenvalue weighted by Gasteiger charge is 2.17. The van der Waals surface area contributed by atoms with Gasteiger partial charge in [-0.3, -0.25) is 9.59 Å². The zero-order valence-corrected chi connectivity index (χ0v) is 26.4. The zero-order chi connectivity index (χ0) is 32.1. The van der Waals surface area contributed by atoms with Crippen molar-refractivity contribution in [2.75, 3.05) is 25.5 Å². The molecule has 0 aliphatic carbocycles. The van der Waals surface area contributed by atoms with Crippen LogP contribution in [-0.4, -0.2) is 69.4 Å². The Morgan fingerprint density at radius 3 is 2.37 bits per heavy atom. The molecule has 5 aromatic rings. The number of hydrogen-bond acceptors (Lipinski definition) is 11. The smallest absolute Gasteiger partial charge is 0.260 e. The minimum Gasteiger partial charge on any atom is -0.494 e. The van der Waals surface area contributed by atoms with E-state index in [2.05, 4.69) is 36.2 Å². The highest BCUT2D eigenvalue weighted by Crippen LogP contribution is 2.27. The molecule has 0 radical (unpaired) electrons. The Morgan fingerprint density at radius 1 is 0.913 bits per heavy atom. The molecule has 0 bridgehead atoms. The fourth-order valence-electron chi connectivity index (χ4n) is 4.52. The first-order valence-electron chi connectivity index (χ1n) is 14.8. The maximum Gasteiger partial charge on any atom is 0.260 e. The highest BCUT2D eigenvalue weighted by molar-refractivity contribution is 7.99. The van der Waals surface area contributed by atoms with E-state index in [9.17, 15) is 9.59 Å². The normalized spacial score (nSPS) is 11.4. The summed E-state index contributed by atoms with van der Waals surface area (Å²) in [5.41, 5.74) is 9.13. The van der Waals surface area contributed by atoms with E-state index < -0.39 is 0 Å². The molecular weight excluding hydrogens is 604 g/mol. The van der Waals surface area contributed by atoms with Gasteiger partial charge in [-0.05, 0) is 67.4 Å². The van der Waals surface area contributed by atoms with Crippen molar-refractivity contribution in [3.8, 4) is 11.5 Å². The molecule has 46 heavy (non-hydrogen) atoms. The van der Waals surface area contributed by atoms with Gasteiger partial charge in [0.15, 0.2) is 11.4 Å². The Hall–Kier alpha value is -5.30. The third-order valence-corrected chi connectivity index (χ3v) is 7.53. The van der Waals surface area contributed by atoms with Crippen LogP contribution in [0.4, 0.5) is 0 Å². The van der Waals surface area contributed by atoms with Crippen LogP contribution in [0.15, 0.2) is 88.2 Å². The van der Waals surface area contributed by atoms with Crippen LogP contribution in [0.25, 0.3) is 22.1 Å². The van der Waals surface area contributed by atoms with Gasteiger partial charge in [0.25, 0.3) is 5.91 Å². The topological polar surface area (TPSA) is 145 Å². The molecule has 0 saturated heterocycles. The van der Waals surface area contributed by atoms with Crippen molar-refractivity contribution in [3.63, 3.8) is 0 Å². The van der Waals surface area contributed by atoms with Crippen LogP contribution in [0, 0.1) is 0 Å². The summed E-state index contributed by atoms with van der Waals surface area (Å²) in [6, 6.07) is 22.8. The molecule has 0 unspecified atom stereocenters. The number of ketones is 1. The molecule has 13 heteroatoms. The van der Waals surface area contributed by atoms with Crippen LogP contribution in [-0.2, 0) is 22.6 Å². The molecule has 3 aromatic carbocycles. The van der Waals surface area contributed by atoms with Crippen LogP contribution in [0.3, 0.4) is 0 Å². The van der Waals surface area contributed by atoms with Crippen molar-refractivity contribution in [1.29, 1.82) is 0 Å². The number of Topliss-reactive ketones (excluding diaryl/α,β-unsaturated/α-hetero) is 1. The maximum absolute atomic E-state index is 12.9. The number of hydrogen-bond donors (Lipinski definition) is 2. The van der Waals surface area contributed by atoms with Gasteiger partial charge in [-0.15, -0.1) is 10.2 Å². The molecule has 2 aromatic heterocycles. The number of para-hydroxylation sites is 1. The number of nitrogens with zero attached hydrogens (tertiary/aromatic N) is 6. The molecule has 0 fully saturated rings. The Morgan fingerprint density at radius 2 is 1.63 bits per heavy atom. The third kappa shape index (κ3) is 8.66. The molecule has 2 N–H and O–H groups in total. The number of carbonyl (C=O) groups is 2. The fraction of sp³-hybridized carbons (Fsp3) is 0.242. The minimum absolute atomic E-state index is 0.0368. The Balaban J connectivity index is 1.16. The summed E-state index contributed by atoms with van der Waals surface area (Å²) in [6.45, 7) is 5.12. The van der Waals surface area contributed by atoms with Crippen molar-refractivity contribution < 1.29 is 19.1 Å². The molecule has 0 aliphatic heterocycles. The number of fused-ring (bicyclic) bond motifs is 3. The van der Waals surface area contributed by atoms with Crippen LogP contribution >= 0.6 is 11.8 Å². The van der Waals surface area contributed by atoms with Crippen molar-refractivity contribution in [1.82, 2.24) is 30.6 Å². The van der Waals surface area contributed by atoms with Crippen molar-refractivity contribution in [2.45, 2.75) is 32.0 Å². The van der Waals surface area contributed by atoms with Crippen molar-refractivity contribution in [2.24, 2.45) is 10.2 Å². The highest BCUT2D eigenvalue weighted by atomic mass is 32.2. The van der Waals surface area contributed by atoms with E-state index in [0.717, 1.165) is 33.5 Å². The van der Waals surface area contributed by atoms with Gasteiger partial charge in [-0.25, -0.2) is 10.4 Å². The predicted molar refractivity (Wildman–Crippen MR) is 180 cm³/mol. The van der Waals surface area contributed by atoms with Crippen LogP contribution in [0.1, 0.15) is 25.0 Å². The number of thioether (sulfide) groups is 1. The standard InChI is InChI=1S/C33H34N8O4S/c1-3-44-26-13-9-23(10-14-26)17-18-34-35-20-25(42)22-46-33-37-32-31(39-40-33)28-7-5-6-8-29(28)41(32)21-30(43)38-36-19-24-11-15-27(16-12-24)45-4-2/h5-16,18-19,35H,3-4,17,20-22H2,1-2H3,(H,38,43)/b34-18+,36-19+. The van der Waals surface area contributed by atoms with Crippen LogP contribution < -0.4 is 20.3 Å². The number of carbonyl (C=O) groups excluding carboxylic acids is 2. The van der Waals surface area contributed by atoms with Gasteiger partial charge < -0.3 is 19.5 Å². The lowest BCUT2D eigenvalue weighted by Gasteiger charge is -2.06. The molecule has 236 valence electrons. The summed E-state index contributed by atoms with van der Waals surface area (Å²) in [5, 5.41) is 18.0. The second-order valence-electron chi connectivity index (χ2n) is 9.92. The van der Waals surface area contributed by atoms with Gasteiger partial charge in [-0.2, -0.15) is 10.2 Å². The van der Waals surface area contributed by atoms with E-state index in [1.807, 2.05) is 86.6 Å². The lowest BCUT2D eigenvalue weighted by Crippen LogP contribution is -2.23. The average Bonchev–Trinajstić information content (AvgIpc) is 3.38. The van der Waals surface area contributed by atoms with Crippen LogP contribution in [0.5, 0.6) is 11.5 Å². The zero-order valence-electron chi connectivity index (χ0n) is 25.6. The summed E-state index contributed by atoms with van der Waals surface area (Å²) in [6.07, 6.45) is 3.91. The van der Waals surface area contributed by atoms with Gasteiger partial charge in [0, 0.05) is 18.0 Å². The Bertz CT molecular complexity index is 1840. The first-order chi connectivity index (χ1) is 22.5. The molecule has 0 spiro atoms. The molecule has 0 atom stereocenters. The third-order valence-electron chi connectivity index (χ3n) is 6.63. The summed E-state index contributed by atoms with van der Waals surface area (Å²) < 4.78 is 12.7. The van der Waals surface area contributed by atoms with Crippen molar-refractivity contribution >= 4 is 57.9 Å². The number of hydrazone groups is 2. The molecule has 2 heterocycles. The van der Waals surface area contributed by atoms with E-state index in [1.165, 1.54) is 11.8 Å². The second-order valence-corrected chi connectivity index (χ2v) is 10.9. The molecular formula is C33H34N8O4S. The van der Waals surface area contributed by atoms with Gasteiger partial charge in [0.2, 0.25) is 5.16 Å². The van der Waals surface area contributed by atoms with Crippen molar-refractivity contribution in [3.05, 3.63) is 83.9 Å². The SMILES string of the molecule is CCOc1ccc(/C=N/NC(=O)Cn2c3ccccc3c3nnc(SCC(=O)CN/N=C/Cc4ccc(OCC)cc4)nc32)cc1. The Labute approximate surface area is 270 Å². The molecule has 0 saturated carbocycles. The number of rotatable bonds is 16. The monoisotopic (exact) mass is 638 g/mol. The molecule has 12 nitrogen and oxygen atoms in total. The Kier molecular flexibility index (Phi) is 11.3. The minimum atomic E-state index is -0.331. The van der Waals surface area contributed by atoms with E-state index in [-0.39, 0.29) is 30.5 Å². The molecule has 5 rings (SSSR count). The molecule has 1 amide bonds. The van der Waals surface area contributed by atoms with Gasteiger partial charge >= 0.3 is 0 Å². The quantitative estimate of drug-likeness (QED) is 0.0912. The van der Waals surface area contributed by atoms with Gasteiger partial charge in [0.1, 0.15) is 23.6 Å². The number of nitrogens with one attached hydrogen (secondary N) is 2. The van der Waals surface area contributed by atoms with E-state index in [1.54, 1.807) is 17.0 Å². The number of ether oxygens (including phenoxy) is 2. The first kappa shape index (κ1) is 32.1. The first-order valence-corrected chi connectivity index (χ1v) is 15.8. The summed E-state index contributed by atoms with van der Waals surface area (Å²) >= 11 is 1.18. The van der Waals surface area contributed by atoms with Gasteiger partial charge in [-0.1, -0.05) is 42.1 Å². The van der Waals surface area contributed by atoms with Crippen LogP contribution in [0.2, 0.25) is 0 Å². The van der Waals surface area contributed by atoms with Gasteiger partial charge in [0.05, 0.1) is 37.2 Å². The lowest BCUT2D eigenvalue weighted by atomic mass is 10.2. The molecule has 0 aliphatic rings. The number of amides is 1. The predicted octanol–water partition coefficient (Wildman–Crippen LogP) is 4.41. The maximum atomic E-state index is 12.9. The lowest BCUT2D eigenvalue weighted by molar-refractivity contribution is -0.121. The average molecular weight is 639 g/mol. The fourth-order valence-corrected chi connectivity index (χ4v) is 5.16. The number of aromatic nitrogens is 4. The largest absolute Gasteiger partial charge is 0.494 e. The van der Waals surface area contributed by atoms with E-state index >= 15 is 0 Å². The number of benzene rings is 3. The van der Waals surface area contributed by atoms with E-state index in [4.69, 9.17) is 9.47 Å². The summed E-state index contributed by atoms with van der Waals surface area (Å²) in [5.74, 6) is 1.33. The second kappa shape index (κ2) is 16.1. The van der Waals surface area contributed by atoms with E-state index in [0.29, 0.717) is 36.0 Å². The summed E-state index contributed by atoms with van der Waals surface area (Å²) in [7, 11) is 0.